The number of aromatic nitrogens is 1. The predicted octanol–water partition coefficient (Wildman–Crippen LogP) is 6.71. The van der Waals surface area contributed by atoms with E-state index >= 15 is 0 Å². The molecule has 0 aliphatic carbocycles. The van der Waals surface area contributed by atoms with Gasteiger partial charge in [0.25, 0.3) is 0 Å². The third-order valence-electron chi connectivity index (χ3n) is 3.11. The first-order chi connectivity index (χ1) is 10.8. The average molecular weight is 293 g/mol. The average Bonchev–Trinajstić information content (AvgIpc) is 3.06. The molecule has 0 saturated heterocycles. The van der Waals surface area contributed by atoms with Crippen molar-refractivity contribution in [1.82, 2.24) is 4.98 Å². The molecule has 1 heteroatoms. The van der Waals surface area contributed by atoms with Crippen molar-refractivity contribution in [1.29, 1.82) is 0 Å². The minimum absolute atomic E-state index is 1.17. The van der Waals surface area contributed by atoms with Crippen LogP contribution in [0.4, 0.5) is 0 Å². The zero-order valence-corrected chi connectivity index (χ0v) is 14.4. The van der Waals surface area contributed by atoms with E-state index in [4.69, 9.17) is 0 Å². The molecule has 0 atom stereocenters. The Labute approximate surface area is 135 Å². The van der Waals surface area contributed by atoms with Gasteiger partial charge in [-0.25, -0.2) is 0 Å². The molecular weight excluding hydrogens is 266 g/mol. The van der Waals surface area contributed by atoms with Crippen molar-refractivity contribution in [2.24, 2.45) is 0 Å². The summed E-state index contributed by atoms with van der Waals surface area (Å²) in [5.74, 6) is 0. The van der Waals surface area contributed by atoms with Crippen LogP contribution in [0.5, 0.6) is 0 Å². The second-order valence-corrected chi connectivity index (χ2v) is 4.50. The van der Waals surface area contributed by atoms with Crippen LogP contribution in [0.3, 0.4) is 0 Å². The lowest BCUT2D eigenvalue weighted by atomic mass is 10.0. The van der Waals surface area contributed by atoms with Gasteiger partial charge in [0, 0.05) is 11.4 Å². The molecule has 2 aromatic carbocycles. The maximum Gasteiger partial charge on any atom is 0.0456 e. The molecular formula is C21H27N. The molecule has 0 unspecified atom stereocenters. The summed E-state index contributed by atoms with van der Waals surface area (Å²) in [6.07, 6.45) is 0. The quantitative estimate of drug-likeness (QED) is 0.540. The number of aromatic amines is 1. The molecule has 1 N–H and O–H groups in total. The summed E-state index contributed by atoms with van der Waals surface area (Å²) in [5, 5.41) is 0. The highest BCUT2D eigenvalue weighted by molar-refractivity contribution is 5.71. The van der Waals surface area contributed by atoms with E-state index in [9.17, 15) is 0 Å². The Hall–Kier alpha value is -2.28. The number of hydrogen-bond donors (Lipinski definition) is 1. The second kappa shape index (κ2) is 9.62. The van der Waals surface area contributed by atoms with E-state index in [-0.39, 0.29) is 0 Å². The van der Waals surface area contributed by atoms with Crippen LogP contribution in [-0.4, -0.2) is 4.98 Å². The fourth-order valence-corrected chi connectivity index (χ4v) is 2.17. The van der Waals surface area contributed by atoms with Crippen molar-refractivity contribution in [3.05, 3.63) is 72.4 Å². The van der Waals surface area contributed by atoms with Crippen molar-refractivity contribution in [2.75, 3.05) is 0 Å². The third kappa shape index (κ3) is 4.63. The van der Waals surface area contributed by atoms with Gasteiger partial charge in [-0.1, -0.05) is 76.2 Å². The first-order valence-corrected chi connectivity index (χ1v) is 8.14. The number of H-pyrrole nitrogens is 1. The normalized spacial score (nSPS) is 9.14. The summed E-state index contributed by atoms with van der Waals surface area (Å²) < 4.78 is 0. The lowest BCUT2D eigenvalue weighted by Crippen LogP contribution is -1.81. The van der Waals surface area contributed by atoms with E-state index in [0.717, 1.165) is 0 Å². The number of hydrogen-bond acceptors (Lipinski definition) is 0. The van der Waals surface area contributed by atoms with Crippen molar-refractivity contribution < 1.29 is 0 Å². The highest BCUT2D eigenvalue weighted by Crippen LogP contribution is 2.25. The molecule has 0 bridgehead atoms. The molecule has 3 aromatic rings. The number of benzene rings is 2. The molecule has 0 spiro atoms. The minimum atomic E-state index is 1.17. The lowest BCUT2D eigenvalue weighted by Gasteiger charge is -2.04. The summed E-state index contributed by atoms with van der Waals surface area (Å²) in [6, 6.07) is 23.3. The van der Waals surface area contributed by atoms with E-state index < -0.39 is 0 Å². The van der Waals surface area contributed by atoms with Gasteiger partial charge < -0.3 is 4.98 Å². The molecule has 22 heavy (non-hydrogen) atoms. The molecule has 0 saturated carbocycles. The standard InChI is InChI=1S/C17H15N.2C2H6/c1-13-10-11-17(18-13)16-9-5-8-15(12-16)14-6-3-2-4-7-14;2*1-2/h2-12,18H,1H3;2*1-2H3. The van der Waals surface area contributed by atoms with Crippen LogP contribution >= 0.6 is 0 Å². The van der Waals surface area contributed by atoms with E-state index in [1.54, 1.807) is 0 Å². The van der Waals surface area contributed by atoms with Crippen molar-refractivity contribution in [2.45, 2.75) is 34.6 Å². The van der Waals surface area contributed by atoms with Crippen molar-refractivity contribution in [3.8, 4) is 22.4 Å². The first-order valence-electron chi connectivity index (χ1n) is 8.14. The van der Waals surface area contributed by atoms with Crippen molar-refractivity contribution >= 4 is 0 Å². The second-order valence-electron chi connectivity index (χ2n) is 4.50. The van der Waals surface area contributed by atoms with Crippen LogP contribution in [0.1, 0.15) is 33.4 Å². The molecule has 1 nitrogen and oxygen atoms in total. The Balaban J connectivity index is 0.000000561. The molecule has 1 heterocycles. The Morgan fingerprint density at radius 1 is 0.591 bits per heavy atom. The maximum atomic E-state index is 3.37. The molecule has 0 aliphatic rings. The Bertz CT molecular complexity index is 650. The number of nitrogens with one attached hydrogen (secondary N) is 1. The monoisotopic (exact) mass is 293 g/mol. The highest BCUT2D eigenvalue weighted by Gasteiger charge is 2.02. The summed E-state index contributed by atoms with van der Waals surface area (Å²) in [5.41, 5.74) is 6.09. The van der Waals surface area contributed by atoms with Crippen molar-refractivity contribution in [3.63, 3.8) is 0 Å². The summed E-state index contributed by atoms with van der Waals surface area (Å²) in [6.45, 7) is 10.1. The summed E-state index contributed by atoms with van der Waals surface area (Å²) >= 11 is 0. The van der Waals surface area contributed by atoms with Gasteiger partial charge in [0.15, 0.2) is 0 Å². The predicted molar refractivity (Wildman–Crippen MR) is 99.1 cm³/mol. The molecule has 0 amide bonds. The Kier molecular flexibility index (Phi) is 7.77. The summed E-state index contributed by atoms with van der Waals surface area (Å²) in [7, 11) is 0. The van der Waals surface area contributed by atoms with Crippen LogP contribution in [0.15, 0.2) is 66.7 Å². The molecule has 116 valence electrons. The lowest BCUT2D eigenvalue weighted by molar-refractivity contribution is 1.27. The van der Waals surface area contributed by atoms with E-state index in [1.807, 2.05) is 33.8 Å². The van der Waals surface area contributed by atoms with Gasteiger partial charge in [-0.3, -0.25) is 0 Å². The third-order valence-corrected chi connectivity index (χ3v) is 3.11. The first kappa shape index (κ1) is 17.8. The van der Waals surface area contributed by atoms with Gasteiger partial charge in [0.1, 0.15) is 0 Å². The number of aryl methyl sites for hydroxylation is 1. The van der Waals surface area contributed by atoms with E-state index in [2.05, 4.69) is 72.6 Å². The molecule has 0 radical (unpaired) electrons. The summed E-state index contributed by atoms with van der Waals surface area (Å²) in [4.78, 5) is 3.37. The van der Waals surface area contributed by atoms with Gasteiger partial charge in [0.05, 0.1) is 0 Å². The van der Waals surface area contributed by atoms with Gasteiger partial charge in [-0.05, 0) is 41.8 Å². The van der Waals surface area contributed by atoms with E-state index in [1.165, 1.54) is 28.1 Å². The zero-order valence-electron chi connectivity index (χ0n) is 14.4. The Morgan fingerprint density at radius 3 is 1.77 bits per heavy atom. The minimum Gasteiger partial charge on any atom is -0.359 e. The fraction of sp³-hybridized carbons (Fsp3) is 0.238. The fourth-order valence-electron chi connectivity index (χ4n) is 2.17. The van der Waals surface area contributed by atoms with Gasteiger partial charge in [-0.2, -0.15) is 0 Å². The van der Waals surface area contributed by atoms with Gasteiger partial charge >= 0.3 is 0 Å². The van der Waals surface area contributed by atoms with Crippen LogP contribution in [0.25, 0.3) is 22.4 Å². The maximum absolute atomic E-state index is 3.37. The van der Waals surface area contributed by atoms with Gasteiger partial charge in [-0.15, -0.1) is 0 Å². The van der Waals surface area contributed by atoms with E-state index in [0.29, 0.717) is 0 Å². The topological polar surface area (TPSA) is 15.8 Å². The Morgan fingerprint density at radius 2 is 1.18 bits per heavy atom. The molecule has 3 rings (SSSR count). The highest BCUT2D eigenvalue weighted by atomic mass is 14.7. The number of rotatable bonds is 2. The molecule has 0 aliphatic heterocycles. The molecule has 0 fully saturated rings. The largest absolute Gasteiger partial charge is 0.359 e. The van der Waals surface area contributed by atoms with Gasteiger partial charge in [0.2, 0.25) is 0 Å². The zero-order chi connectivity index (χ0) is 16.4. The van der Waals surface area contributed by atoms with Crippen LogP contribution in [0.2, 0.25) is 0 Å². The smallest absolute Gasteiger partial charge is 0.0456 e. The SMILES string of the molecule is CC.CC.Cc1ccc(-c2cccc(-c3ccccc3)c2)[nH]1. The van der Waals surface area contributed by atoms with Crippen LogP contribution < -0.4 is 0 Å². The van der Waals surface area contributed by atoms with Crippen LogP contribution in [-0.2, 0) is 0 Å². The molecule has 1 aromatic heterocycles. The van der Waals surface area contributed by atoms with Crippen LogP contribution in [0, 0.1) is 6.92 Å².